The number of carbonyl (C=O) groups is 2. The quantitative estimate of drug-likeness (QED) is 0.842. The van der Waals surface area contributed by atoms with Gasteiger partial charge >= 0.3 is 5.97 Å². The lowest BCUT2D eigenvalue weighted by atomic mass is 10.2. The summed E-state index contributed by atoms with van der Waals surface area (Å²) >= 11 is 9.48. The number of Topliss-reactive ketones (excluding diaryl/α,β-unsaturated/α-hetero) is 1. The van der Waals surface area contributed by atoms with Crippen LogP contribution in [0.15, 0.2) is 28.9 Å². The van der Waals surface area contributed by atoms with Gasteiger partial charge in [0.1, 0.15) is 5.69 Å². The van der Waals surface area contributed by atoms with Crippen LogP contribution in [-0.2, 0) is 0 Å². The fourth-order valence-electron chi connectivity index (χ4n) is 1.84. The molecule has 0 saturated carbocycles. The molecule has 0 unspecified atom stereocenters. The average molecular weight is 357 g/mol. The molecule has 0 bridgehead atoms. The van der Waals surface area contributed by atoms with Crippen molar-refractivity contribution in [3.63, 3.8) is 0 Å². The molecule has 0 amide bonds. The highest BCUT2D eigenvalue weighted by atomic mass is 79.9. The van der Waals surface area contributed by atoms with Crippen molar-refractivity contribution in [2.75, 3.05) is 0 Å². The Morgan fingerprint density at radius 2 is 1.95 bits per heavy atom. The SMILES string of the molecule is CC(=O)c1cc(C(=O)O)n(-c2cc(Cl)c(C)cc2Br)c1. The molecule has 0 fully saturated rings. The zero-order valence-corrected chi connectivity index (χ0v) is 13.1. The summed E-state index contributed by atoms with van der Waals surface area (Å²) in [6, 6.07) is 4.82. The van der Waals surface area contributed by atoms with Gasteiger partial charge in [-0.2, -0.15) is 0 Å². The summed E-state index contributed by atoms with van der Waals surface area (Å²) in [5.74, 6) is -1.30. The van der Waals surface area contributed by atoms with Gasteiger partial charge in [-0.15, -0.1) is 0 Å². The molecular weight excluding hydrogens is 346 g/mol. The first-order valence-corrected chi connectivity index (χ1v) is 6.91. The maximum absolute atomic E-state index is 11.4. The van der Waals surface area contributed by atoms with Crippen molar-refractivity contribution in [2.45, 2.75) is 13.8 Å². The number of hydrogen-bond acceptors (Lipinski definition) is 2. The van der Waals surface area contributed by atoms with Gasteiger partial charge in [-0.05, 0) is 53.5 Å². The Hall–Kier alpha value is -1.59. The summed E-state index contributed by atoms with van der Waals surface area (Å²) in [6.45, 7) is 3.24. The lowest BCUT2D eigenvalue weighted by molar-refractivity contribution is 0.0688. The van der Waals surface area contributed by atoms with Gasteiger partial charge in [0.05, 0.1) is 5.69 Å². The normalized spacial score (nSPS) is 10.6. The third kappa shape index (κ3) is 2.64. The van der Waals surface area contributed by atoms with Gasteiger partial charge in [-0.25, -0.2) is 4.79 Å². The summed E-state index contributed by atoms with van der Waals surface area (Å²) in [5.41, 5.74) is 1.80. The number of aromatic nitrogens is 1. The van der Waals surface area contributed by atoms with Gasteiger partial charge in [-0.1, -0.05) is 11.6 Å². The van der Waals surface area contributed by atoms with Crippen LogP contribution in [0, 0.1) is 6.92 Å². The van der Waals surface area contributed by atoms with E-state index < -0.39 is 5.97 Å². The lowest BCUT2D eigenvalue weighted by Crippen LogP contribution is -2.06. The fraction of sp³-hybridized carbons (Fsp3) is 0.143. The molecule has 1 aromatic heterocycles. The minimum Gasteiger partial charge on any atom is -0.477 e. The van der Waals surface area contributed by atoms with Gasteiger partial charge < -0.3 is 9.67 Å². The Kier molecular flexibility index (Phi) is 4.01. The molecular formula is C14H11BrClNO3. The van der Waals surface area contributed by atoms with Gasteiger partial charge in [0.2, 0.25) is 0 Å². The maximum Gasteiger partial charge on any atom is 0.352 e. The maximum atomic E-state index is 11.4. The molecule has 0 spiro atoms. The standard InChI is InChI=1S/C14H11BrClNO3/c1-7-3-10(15)12(5-11(7)16)17-6-9(8(2)18)4-13(17)14(19)20/h3-6H,1-2H3,(H,19,20). The molecule has 1 N–H and O–H groups in total. The third-order valence-electron chi connectivity index (χ3n) is 2.93. The highest BCUT2D eigenvalue weighted by Gasteiger charge is 2.18. The molecule has 0 aliphatic heterocycles. The van der Waals surface area contributed by atoms with Crippen LogP contribution in [0.5, 0.6) is 0 Å². The minimum atomic E-state index is -1.11. The summed E-state index contributed by atoms with van der Waals surface area (Å²) in [7, 11) is 0. The third-order valence-corrected chi connectivity index (χ3v) is 3.98. The van der Waals surface area contributed by atoms with Crippen molar-refractivity contribution >= 4 is 39.3 Å². The number of hydrogen-bond donors (Lipinski definition) is 1. The number of carboxylic acids is 1. The first-order chi connectivity index (χ1) is 9.31. The van der Waals surface area contributed by atoms with Crippen LogP contribution < -0.4 is 0 Å². The van der Waals surface area contributed by atoms with Gasteiger partial charge in [0.15, 0.2) is 5.78 Å². The lowest BCUT2D eigenvalue weighted by Gasteiger charge is -2.10. The van der Waals surface area contributed by atoms with Crippen LogP contribution in [-0.4, -0.2) is 21.4 Å². The second-order valence-electron chi connectivity index (χ2n) is 4.40. The fourth-order valence-corrected chi connectivity index (χ4v) is 2.65. The van der Waals surface area contributed by atoms with E-state index in [0.717, 1.165) is 5.56 Å². The molecule has 0 aliphatic carbocycles. The highest BCUT2D eigenvalue weighted by molar-refractivity contribution is 9.10. The number of aromatic carboxylic acids is 1. The van der Waals surface area contributed by atoms with E-state index in [-0.39, 0.29) is 11.5 Å². The second-order valence-corrected chi connectivity index (χ2v) is 5.66. The number of rotatable bonds is 3. The molecule has 0 saturated heterocycles. The largest absolute Gasteiger partial charge is 0.477 e. The zero-order chi connectivity index (χ0) is 15.0. The number of halogens is 2. The summed E-state index contributed by atoms with van der Waals surface area (Å²) < 4.78 is 2.14. The molecule has 1 aromatic carbocycles. The number of ketones is 1. The highest BCUT2D eigenvalue weighted by Crippen LogP contribution is 2.30. The zero-order valence-electron chi connectivity index (χ0n) is 10.8. The van der Waals surface area contributed by atoms with Crippen molar-refractivity contribution in [1.82, 2.24) is 4.57 Å². The van der Waals surface area contributed by atoms with E-state index in [9.17, 15) is 14.7 Å². The molecule has 6 heteroatoms. The number of benzene rings is 1. The molecule has 0 atom stereocenters. The molecule has 4 nitrogen and oxygen atoms in total. The van der Waals surface area contributed by atoms with Crippen molar-refractivity contribution in [3.8, 4) is 5.69 Å². The van der Waals surface area contributed by atoms with E-state index in [1.807, 2.05) is 6.92 Å². The first-order valence-electron chi connectivity index (χ1n) is 5.74. The molecule has 1 heterocycles. The molecule has 0 aliphatic rings. The van der Waals surface area contributed by atoms with Crippen LogP contribution in [0.4, 0.5) is 0 Å². The van der Waals surface area contributed by atoms with Crippen molar-refractivity contribution in [3.05, 3.63) is 50.7 Å². The van der Waals surface area contributed by atoms with E-state index in [1.165, 1.54) is 23.8 Å². The van der Waals surface area contributed by atoms with Crippen LogP contribution in [0.25, 0.3) is 5.69 Å². The predicted molar refractivity (Wildman–Crippen MR) is 80.2 cm³/mol. The smallest absolute Gasteiger partial charge is 0.352 e. The number of nitrogens with zero attached hydrogens (tertiary/aromatic N) is 1. The number of aryl methyl sites for hydroxylation is 1. The van der Waals surface area contributed by atoms with E-state index in [0.29, 0.717) is 20.7 Å². The summed E-state index contributed by atoms with van der Waals surface area (Å²) in [4.78, 5) is 22.7. The topological polar surface area (TPSA) is 59.3 Å². The molecule has 20 heavy (non-hydrogen) atoms. The van der Waals surface area contributed by atoms with Crippen molar-refractivity contribution in [1.29, 1.82) is 0 Å². The summed E-state index contributed by atoms with van der Waals surface area (Å²) in [6.07, 6.45) is 1.50. The van der Waals surface area contributed by atoms with E-state index in [2.05, 4.69) is 15.9 Å². The summed E-state index contributed by atoms with van der Waals surface area (Å²) in [5, 5.41) is 9.78. The average Bonchev–Trinajstić information content (AvgIpc) is 2.78. The minimum absolute atomic E-state index is 0.0100. The Bertz CT molecular complexity index is 721. The molecule has 2 aromatic rings. The van der Waals surface area contributed by atoms with Crippen LogP contribution >= 0.6 is 27.5 Å². The van der Waals surface area contributed by atoms with Crippen LogP contribution in [0.1, 0.15) is 33.3 Å². The second kappa shape index (κ2) is 5.42. The van der Waals surface area contributed by atoms with Crippen molar-refractivity contribution < 1.29 is 14.7 Å². The Balaban J connectivity index is 2.71. The molecule has 104 valence electrons. The van der Waals surface area contributed by atoms with Gasteiger partial charge in [-0.3, -0.25) is 4.79 Å². The van der Waals surface area contributed by atoms with Crippen LogP contribution in [0.2, 0.25) is 5.02 Å². The predicted octanol–water partition coefficient (Wildman–Crippen LogP) is 4.10. The number of carbonyl (C=O) groups excluding carboxylic acids is 1. The Morgan fingerprint density at radius 3 is 2.50 bits per heavy atom. The monoisotopic (exact) mass is 355 g/mol. The van der Waals surface area contributed by atoms with Gasteiger partial charge in [0.25, 0.3) is 0 Å². The van der Waals surface area contributed by atoms with E-state index >= 15 is 0 Å². The number of carboxylic acid groups (broad SMARTS) is 1. The van der Waals surface area contributed by atoms with Crippen LogP contribution in [0.3, 0.4) is 0 Å². The Labute approximate surface area is 129 Å². The Morgan fingerprint density at radius 1 is 1.30 bits per heavy atom. The molecule has 0 radical (unpaired) electrons. The first kappa shape index (κ1) is 14.8. The van der Waals surface area contributed by atoms with E-state index in [1.54, 1.807) is 12.1 Å². The van der Waals surface area contributed by atoms with Gasteiger partial charge in [0, 0.05) is 21.3 Å². The molecule has 2 rings (SSSR count). The van der Waals surface area contributed by atoms with E-state index in [4.69, 9.17) is 11.6 Å². The van der Waals surface area contributed by atoms with Crippen molar-refractivity contribution in [2.24, 2.45) is 0 Å².